The minimum atomic E-state index is 0.924. The third-order valence-corrected chi connectivity index (χ3v) is 1.25. The van der Waals surface area contributed by atoms with Crippen LogP contribution in [0.3, 0.4) is 0 Å². The lowest BCUT2D eigenvalue weighted by Crippen LogP contribution is -1.75. The fourth-order valence-corrected chi connectivity index (χ4v) is 0.329. The zero-order valence-corrected chi connectivity index (χ0v) is 5.60. The van der Waals surface area contributed by atoms with Crippen molar-refractivity contribution in [3.63, 3.8) is 0 Å². The first kappa shape index (κ1) is 7.28. The molecule has 0 aliphatic rings. The fourth-order valence-electron chi connectivity index (χ4n) is 0.329. The SMILES string of the molecule is CC=C(C)C(C)=CO. The summed E-state index contributed by atoms with van der Waals surface area (Å²) in [6.07, 6.45) is 3.08. The Bertz CT molecular complexity index is 104. The van der Waals surface area contributed by atoms with E-state index in [1.54, 1.807) is 0 Å². The molecule has 0 aliphatic heterocycles. The molecule has 0 aromatic heterocycles. The van der Waals surface area contributed by atoms with Gasteiger partial charge in [0.25, 0.3) is 0 Å². The van der Waals surface area contributed by atoms with E-state index in [-0.39, 0.29) is 0 Å². The first-order valence-electron chi connectivity index (χ1n) is 2.66. The van der Waals surface area contributed by atoms with Crippen LogP contribution in [-0.4, -0.2) is 5.11 Å². The summed E-state index contributed by atoms with van der Waals surface area (Å²) in [5.41, 5.74) is 2.04. The molecule has 0 atom stereocenters. The third-order valence-electron chi connectivity index (χ3n) is 1.25. The van der Waals surface area contributed by atoms with Gasteiger partial charge in [0.1, 0.15) is 0 Å². The van der Waals surface area contributed by atoms with E-state index in [9.17, 15) is 0 Å². The molecule has 0 fully saturated rings. The summed E-state index contributed by atoms with van der Waals surface area (Å²) in [7, 11) is 0. The van der Waals surface area contributed by atoms with Crippen molar-refractivity contribution in [1.82, 2.24) is 0 Å². The molecule has 1 N–H and O–H groups in total. The average molecular weight is 112 g/mol. The quantitative estimate of drug-likeness (QED) is 0.408. The van der Waals surface area contributed by atoms with Crippen molar-refractivity contribution in [2.24, 2.45) is 0 Å². The van der Waals surface area contributed by atoms with Crippen molar-refractivity contribution < 1.29 is 5.11 Å². The standard InChI is InChI=1S/C7H12O/c1-4-6(2)7(3)5-8/h4-5,8H,1-3H3. The van der Waals surface area contributed by atoms with E-state index in [2.05, 4.69) is 0 Å². The van der Waals surface area contributed by atoms with E-state index in [1.807, 2.05) is 26.8 Å². The van der Waals surface area contributed by atoms with Gasteiger partial charge in [0, 0.05) is 0 Å². The van der Waals surface area contributed by atoms with Gasteiger partial charge in [-0.2, -0.15) is 0 Å². The molecule has 0 aromatic carbocycles. The van der Waals surface area contributed by atoms with E-state index < -0.39 is 0 Å². The van der Waals surface area contributed by atoms with Crippen LogP contribution in [-0.2, 0) is 0 Å². The maximum absolute atomic E-state index is 8.43. The summed E-state index contributed by atoms with van der Waals surface area (Å²) < 4.78 is 0. The Morgan fingerprint density at radius 1 is 1.25 bits per heavy atom. The maximum atomic E-state index is 8.43. The minimum absolute atomic E-state index is 0.924. The molecule has 0 aliphatic carbocycles. The molecule has 0 saturated heterocycles. The van der Waals surface area contributed by atoms with Crippen molar-refractivity contribution >= 4 is 0 Å². The topological polar surface area (TPSA) is 20.2 Å². The van der Waals surface area contributed by atoms with Crippen LogP contribution >= 0.6 is 0 Å². The van der Waals surface area contributed by atoms with Crippen molar-refractivity contribution in [3.05, 3.63) is 23.5 Å². The molecule has 46 valence electrons. The Kier molecular flexibility index (Phi) is 3.01. The summed E-state index contributed by atoms with van der Waals surface area (Å²) in [4.78, 5) is 0. The highest BCUT2D eigenvalue weighted by molar-refractivity contribution is 5.23. The number of aliphatic hydroxyl groups excluding tert-OH is 1. The van der Waals surface area contributed by atoms with Gasteiger partial charge in [-0.05, 0) is 31.9 Å². The molecule has 0 rings (SSSR count). The normalized spacial score (nSPS) is 14.4. The molecule has 0 bridgehead atoms. The Labute approximate surface area is 50.3 Å². The lowest BCUT2D eigenvalue weighted by Gasteiger charge is -1.94. The highest BCUT2D eigenvalue weighted by Crippen LogP contribution is 2.04. The van der Waals surface area contributed by atoms with Crippen LogP contribution in [0, 0.1) is 0 Å². The molecule has 0 saturated carbocycles. The Balaban J connectivity index is 4.04. The average Bonchev–Trinajstić information content (AvgIpc) is 1.84. The fraction of sp³-hybridized carbons (Fsp3) is 0.429. The van der Waals surface area contributed by atoms with E-state index in [0.29, 0.717) is 0 Å². The lowest BCUT2D eigenvalue weighted by atomic mass is 10.1. The predicted octanol–water partition coefficient (Wildman–Crippen LogP) is 2.41. The van der Waals surface area contributed by atoms with Crippen LogP contribution < -0.4 is 0 Å². The Morgan fingerprint density at radius 2 is 1.75 bits per heavy atom. The molecule has 0 aromatic rings. The molecule has 0 radical (unpaired) electrons. The summed E-state index contributed by atoms with van der Waals surface area (Å²) >= 11 is 0. The molecule has 1 nitrogen and oxygen atoms in total. The van der Waals surface area contributed by atoms with Crippen LogP contribution in [0.15, 0.2) is 23.5 Å². The number of rotatable bonds is 1. The van der Waals surface area contributed by atoms with Gasteiger partial charge in [-0.1, -0.05) is 6.08 Å². The Hall–Kier alpha value is -0.720. The molecule has 0 unspecified atom stereocenters. The third kappa shape index (κ3) is 1.82. The summed E-state index contributed by atoms with van der Waals surface area (Å²) in [6, 6.07) is 0. The van der Waals surface area contributed by atoms with Crippen LogP contribution in [0.1, 0.15) is 20.8 Å². The molecular weight excluding hydrogens is 100 g/mol. The molecule has 0 amide bonds. The van der Waals surface area contributed by atoms with Gasteiger partial charge in [-0.3, -0.25) is 0 Å². The summed E-state index contributed by atoms with van der Waals surface area (Å²) in [5.74, 6) is 0. The van der Waals surface area contributed by atoms with Crippen LogP contribution in [0.2, 0.25) is 0 Å². The van der Waals surface area contributed by atoms with Crippen molar-refractivity contribution in [2.45, 2.75) is 20.8 Å². The van der Waals surface area contributed by atoms with Gasteiger partial charge < -0.3 is 5.11 Å². The van der Waals surface area contributed by atoms with E-state index >= 15 is 0 Å². The molecule has 0 heterocycles. The minimum Gasteiger partial charge on any atom is -0.515 e. The Morgan fingerprint density at radius 3 is 1.88 bits per heavy atom. The van der Waals surface area contributed by atoms with E-state index in [1.165, 1.54) is 0 Å². The van der Waals surface area contributed by atoms with Crippen molar-refractivity contribution in [2.75, 3.05) is 0 Å². The smallest absolute Gasteiger partial charge is 0.0823 e. The highest BCUT2D eigenvalue weighted by atomic mass is 16.2. The zero-order chi connectivity index (χ0) is 6.57. The first-order valence-corrected chi connectivity index (χ1v) is 2.66. The number of hydrogen-bond donors (Lipinski definition) is 1. The highest BCUT2D eigenvalue weighted by Gasteiger charge is 1.86. The maximum Gasteiger partial charge on any atom is 0.0823 e. The van der Waals surface area contributed by atoms with E-state index in [4.69, 9.17) is 5.11 Å². The second-order valence-electron chi connectivity index (χ2n) is 1.78. The van der Waals surface area contributed by atoms with Gasteiger partial charge >= 0.3 is 0 Å². The zero-order valence-electron chi connectivity index (χ0n) is 5.60. The second-order valence-corrected chi connectivity index (χ2v) is 1.78. The van der Waals surface area contributed by atoms with Gasteiger partial charge in [-0.25, -0.2) is 0 Å². The van der Waals surface area contributed by atoms with Crippen molar-refractivity contribution in [1.29, 1.82) is 0 Å². The van der Waals surface area contributed by atoms with Crippen LogP contribution in [0.5, 0.6) is 0 Å². The lowest BCUT2D eigenvalue weighted by molar-refractivity contribution is 0.468. The monoisotopic (exact) mass is 112 g/mol. The van der Waals surface area contributed by atoms with E-state index in [0.717, 1.165) is 17.4 Å². The van der Waals surface area contributed by atoms with Gasteiger partial charge in [0.05, 0.1) is 6.26 Å². The number of allylic oxidation sites excluding steroid dienone is 3. The molecule has 8 heavy (non-hydrogen) atoms. The predicted molar refractivity (Wildman–Crippen MR) is 35.8 cm³/mol. The van der Waals surface area contributed by atoms with Gasteiger partial charge in [0.15, 0.2) is 0 Å². The molecule has 1 heteroatoms. The summed E-state index contributed by atoms with van der Waals surface area (Å²) in [5, 5.41) is 8.43. The van der Waals surface area contributed by atoms with Crippen molar-refractivity contribution in [3.8, 4) is 0 Å². The summed E-state index contributed by atoms with van der Waals surface area (Å²) in [6.45, 7) is 5.78. The second kappa shape index (κ2) is 3.30. The number of aliphatic hydroxyl groups is 1. The molecule has 0 spiro atoms. The van der Waals surface area contributed by atoms with Crippen LogP contribution in [0.25, 0.3) is 0 Å². The largest absolute Gasteiger partial charge is 0.515 e. The van der Waals surface area contributed by atoms with Gasteiger partial charge in [-0.15, -0.1) is 0 Å². The number of hydrogen-bond acceptors (Lipinski definition) is 1. The van der Waals surface area contributed by atoms with Gasteiger partial charge in [0.2, 0.25) is 0 Å². The first-order chi connectivity index (χ1) is 3.72. The van der Waals surface area contributed by atoms with Crippen LogP contribution in [0.4, 0.5) is 0 Å². The molecular formula is C7H12O.